The standard InChI is InChI=1S/C20H21ClN8O2/c21-16-8-23-19(26-15-7-24-29(11-15)17-3-1-2-4-22-17)27-18(16)25-14-5-12-9-28(20(30)31)10-13(12)6-14/h1-4,7-8,11-14H,5-6,9-10H2,(H,30,31)(H2,23,25,26,27). The maximum Gasteiger partial charge on any atom is 0.407 e. The topological polar surface area (TPSA) is 121 Å². The number of nitrogens with one attached hydrogen (secondary N) is 2. The number of amides is 1. The lowest BCUT2D eigenvalue weighted by Crippen LogP contribution is -2.29. The Hall–Kier alpha value is -3.40. The van der Waals surface area contributed by atoms with Gasteiger partial charge >= 0.3 is 6.09 Å². The summed E-state index contributed by atoms with van der Waals surface area (Å²) in [6.45, 7) is 1.20. The number of fused-ring (bicyclic) bond motifs is 1. The molecule has 5 rings (SSSR count). The second-order valence-electron chi connectivity index (χ2n) is 7.90. The third-order valence-corrected chi connectivity index (χ3v) is 6.11. The first kappa shape index (κ1) is 19.6. The Labute approximate surface area is 183 Å². The van der Waals surface area contributed by atoms with Crippen molar-refractivity contribution in [1.82, 2.24) is 29.6 Å². The molecule has 1 saturated carbocycles. The third kappa shape index (κ3) is 4.11. The predicted octanol–water partition coefficient (Wildman–Crippen LogP) is 3.25. The molecule has 3 N–H and O–H groups in total. The summed E-state index contributed by atoms with van der Waals surface area (Å²) < 4.78 is 1.66. The van der Waals surface area contributed by atoms with Gasteiger partial charge < -0.3 is 20.6 Å². The second-order valence-corrected chi connectivity index (χ2v) is 8.30. The molecule has 0 spiro atoms. The van der Waals surface area contributed by atoms with Crippen LogP contribution in [0.25, 0.3) is 5.82 Å². The molecule has 10 nitrogen and oxygen atoms in total. The highest BCUT2D eigenvalue weighted by Gasteiger charge is 2.42. The van der Waals surface area contributed by atoms with E-state index < -0.39 is 6.09 Å². The van der Waals surface area contributed by atoms with Gasteiger partial charge in [0.2, 0.25) is 5.95 Å². The Bertz CT molecular complexity index is 1080. The van der Waals surface area contributed by atoms with Crippen LogP contribution in [0.2, 0.25) is 5.02 Å². The van der Waals surface area contributed by atoms with E-state index in [-0.39, 0.29) is 6.04 Å². The molecule has 0 aromatic carbocycles. The molecule has 11 heteroatoms. The zero-order valence-electron chi connectivity index (χ0n) is 16.5. The summed E-state index contributed by atoms with van der Waals surface area (Å²) in [6.07, 6.45) is 7.71. The van der Waals surface area contributed by atoms with Crippen molar-refractivity contribution in [2.45, 2.75) is 18.9 Å². The van der Waals surface area contributed by atoms with Crippen molar-refractivity contribution in [2.24, 2.45) is 11.8 Å². The molecule has 1 saturated heterocycles. The quantitative estimate of drug-likeness (QED) is 0.552. The number of carboxylic acid groups (broad SMARTS) is 1. The molecular formula is C20H21ClN8O2. The highest BCUT2D eigenvalue weighted by molar-refractivity contribution is 6.32. The first-order chi connectivity index (χ1) is 15.0. The first-order valence-corrected chi connectivity index (χ1v) is 10.4. The minimum atomic E-state index is -0.833. The largest absolute Gasteiger partial charge is 0.465 e. The van der Waals surface area contributed by atoms with Gasteiger partial charge in [0.1, 0.15) is 5.02 Å². The van der Waals surface area contributed by atoms with Crippen LogP contribution in [0.1, 0.15) is 12.8 Å². The molecule has 1 amide bonds. The van der Waals surface area contributed by atoms with Gasteiger partial charge in [-0.15, -0.1) is 0 Å². The van der Waals surface area contributed by atoms with Gasteiger partial charge in [-0.1, -0.05) is 17.7 Å². The number of rotatable bonds is 5. The van der Waals surface area contributed by atoms with Crippen LogP contribution in [0, 0.1) is 11.8 Å². The van der Waals surface area contributed by atoms with E-state index in [2.05, 4.69) is 30.7 Å². The number of nitrogens with zero attached hydrogens (tertiary/aromatic N) is 6. The van der Waals surface area contributed by atoms with Crippen molar-refractivity contribution >= 4 is 35.1 Å². The SMILES string of the molecule is O=C(O)N1CC2CC(Nc3nc(Nc4cnn(-c5ccccn5)c4)ncc3Cl)CC2C1. The molecule has 2 unspecified atom stereocenters. The van der Waals surface area contributed by atoms with E-state index in [0.29, 0.717) is 47.5 Å². The molecule has 160 valence electrons. The van der Waals surface area contributed by atoms with Gasteiger partial charge in [-0.25, -0.2) is 19.4 Å². The monoisotopic (exact) mass is 440 g/mol. The van der Waals surface area contributed by atoms with E-state index in [1.54, 1.807) is 29.5 Å². The van der Waals surface area contributed by atoms with Gasteiger partial charge in [0, 0.05) is 25.3 Å². The highest BCUT2D eigenvalue weighted by Crippen LogP contribution is 2.39. The molecule has 4 heterocycles. The van der Waals surface area contributed by atoms with Gasteiger partial charge in [-0.2, -0.15) is 10.1 Å². The number of carbonyl (C=O) groups is 1. The van der Waals surface area contributed by atoms with E-state index in [9.17, 15) is 9.90 Å². The van der Waals surface area contributed by atoms with Gasteiger partial charge in [0.25, 0.3) is 0 Å². The van der Waals surface area contributed by atoms with Gasteiger partial charge in [0.15, 0.2) is 11.6 Å². The molecule has 2 fully saturated rings. The molecule has 2 aliphatic rings. The zero-order chi connectivity index (χ0) is 21.4. The summed E-state index contributed by atoms with van der Waals surface area (Å²) in [5, 5.41) is 20.5. The Morgan fingerprint density at radius 1 is 1.16 bits per heavy atom. The number of aromatic nitrogens is 5. The fourth-order valence-electron chi connectivity index (χ4n) is 4.43. The molecular weight excluding hydrogens is 420 g/mol. The normalized spacial score (nSPS) is 22.4. The lowest BCUT2D eigenvalue weighted by molar-refractivity contribution is 0.152. The van der Waals surface area contributed by atoms with Crippen LogP contribution in [0.4, 0.5) is 22.2 Å². The van der Waals surface area contributed by atoms with Crippen LogP contribution in [0.3, 0.4) is 0 Å². The Balaban J connectivity index is 1.24. The third-order valence-electron chi connectivity index (χ3n) is 5.83. The van der Waals surface area contributed by atoms with Crippen molar-refractivity contribution < 1.29 is 9.90 Å². The zero-order valence-corrected chi connectivity index (χ0v) is 17.3. The smallest absolute Gasteiger partial charge is 0.407 e. The Morgan fingerprint density at radius 3 is 2.68 bits per heavy atom. The lowest BCUT2D eigenvalue weighted by Gasteiger charge is -2.18. The molecule has 0 radical (unpaired) electrons. The molecule has 2 atom stereocenters. The van der Waals surface area contributed by atoms with Crippen LogP contribution in [-0.4, -0.2) is 60.0 Å². The second kappa shape index (κ2) is 8.03. The summed E-state index contributed by atoms with van der Waals surface area (Å²) >= 11 is 6.32. The van der Waals surface area contributed by atoms with Crippen LogP contribution >= 0.6 is 11.6 Å². The van der Waals surface area contributed by atoms with E-state index in [1.165, 1.54) is 4.90 Å². The van der Waals surface area contributed by atoms with Crippen LogP contribution < -0.4 is 10.6 Å². The van der Waals surface area contributed by atoms with Crippen molar-refractivity contribution in [3.8, 4) is 5.82 Å². The van der Waals surface area contributed by atoms with Gasteiger partial charge in [-0.05, 0) is 36.8 Å². The predicted molar refractivity (Wildman–Crippen MR) is 115 cm³/mol. The van der Waals surface area contributed by atoms with Crippen molar-refractivity contribution in [2.75, 3.05) is 23.7 Å². The maximum absolute atomic E-state index is 11.2. The number of pyridine rings is 1. The van der Waals surface area contributed by atoms with E-state index in [0.717, 1.165) is 18.5 Å². The fourth-order valence-corrected chi connectivity index (χ4v) is 4.57. The Kier molecular flexibility index (Phi) is 5.06. The molecule has 1 aliphatic carbocycles. The van der Waals surface area contributed by atoms with E-state index in [1.807, 2.05) is 18.2 Å². The van der Waals surface area contributed by atoms with Gasteiger partial charge in [0.05, 0.1) is 24.3 Å². The van der Waals surface area contributed by atoms with Crippen molar-refractivity contribution in [3.05, 3.63) is 48.0 Å². The molecule has 1 aliphatic heterocycles. The first-order valence-electron chi connectivity index (χ1n) is 10.0. The number of anilines is 3. The lowest BCUT2D eigenvalue weighted by atomic mass is 10.0. The summed E-state index contributed by atoms with van der Waals surface area (Å²) in [4.78, 5) is 25.7. The van der Waals surface area contributed by atoms with Crippen LogP contribution in [-0.2, 0) is 0 Å². The van der Waals surface area contributed by atoms with E-state index in [4.69, 9.17) is 11.6 Å². The summed E-state index contributed by atoms with van der Waals surface area (Å²) in [6, 6.07) is 5.82. The fraction of sp³-hybridized carbons (Fsp3) is 0.350. The van der Waals surface area contributed by atoms with E-state index >= 15 is 0 Å². The number of likely N-dealkylation sites (tertiary alicyclic amines) is 1. The summed E-state index contributed by atoms with van der Waals surface area (Å²) in [5.74, 6) is 2.44. The molecule has 3 aromatic heterocycles. The summed E-state index contributed by atoms with van der Waals surface area (Å²) in [5.41, 5.74) is 0.725. The minimum Gasteiger partial charge on any atom is -0.465 e. The molecule has 0 bridgehead atoms. The average Bonchev–Trinajstić information content (AvgIpc) is 3.46. The molecule has 3 aromatic rings. The number of hydrogen-bond acceptors (Lipinski definition) is 7. The average molecular weight is 441 g/mol. The minimum absolute atomic E-state index is 0.207. The molecule has 31 heavy (non-hydrogen) atoms. The van der Waals surface area contributed by atoms with Crippen LogP contribution in [0.5, 0.6) is 0 Å². The highest BCUT2D eigenvalue weighted by atomic mass is 35.5. The van der Waals surface area contributed by atoms with Crippen molar-refractivity contribution in [3.63, 3.8) is 0 Å². The summed E-state index contributed by atoms with van der Waals surface area (Å²) in [7, 11) is 0. The van der Waals surface area contributed by atoms with Crippen molar-refractivity contribution in [1.29, 1.82) is 0 Å². The maximum atomic E-state index is 11.2. The Morgan fingerprint density at radius 2 is 1.97 bits per heavy atom. The van der Waals surface area contributed by atoms with Crippen LogP contribution in [0.15, 0.2) is 43.0 Å². The number of halogens is 1. The number of hydrogen-bond donors (Lipinski definition) is 3. The van der Waals surface area contributed by atoms with Gasteiger partial charge in [-0.3, -0.25) is 0 Å².